The van der Waals surface area contributed by atoms with Gasteiger partial charge >= 0.3 is 5.97 Å². The topological polar surface area (TPSA) is 49.3 Å². The van der Waals surface area contributed by atoms with Crippen molar-refractivity contribution in [3.63, 3.8) is 0 Å². The monoisotopic (exact) mass is 273 g/mol. The first kappa shape index (κ1) is 14.1. The van der Waals surface area contributed by atoms with Crippen molar-refractivity contribution in [1.29, 1.82) is 0 Å². The fraction of sp³-hybridized carbons (Fsp3) is 0.188. The summed E-state index contributed by atoms with van der Waals surface area (Å²) in [5.74, 6) is -1.42. The molecule has 2 aromatic rings. The van der Waals surface area contributed by atoms with Crippen molar-refractivity contribution in [2.75, 3.05) is 5.32 Å². The molecule has 0 aliphatic rings. The van der Waals surface area contributed by atoms with Gasteiger partial charge in [0.2, 0.25) is 0 Å². The molecule has 0 aromatic heterocycles. The molecule has 0 amide bonds. The van der Waals surface area contributed by atoms with Crippen molar-refractivity contribution in [3.05, 3.63) is 66.0 Å². The molecule has 0 radical (unpaired) electrons. The van der Waals surface area contributed by atoms with Crippen molar-refractivity contribution in [3.8, 4) is 0 Å². The van der Waals surface area contributed by atoms with Gasteiger partial charge in [-0.15, -0.1) is 0 Å². The number of anilines is 1. The smallest absolute Gasteiger partial charge is 0.329 e. The molecule has 1 atom stereocenters. The molecule has 3 nitrogen and oxygen atoms in total. The standard InChI is InChI=1S/C16H16FNO2/c1-16(15(19)20,18-13-8-3-2-4-9-13)11-12-7-5-6-10-14(12)17/h2-10,18H,11H2,1H3,(H,19,20). The summed E-state index contributed by atoms with van der Waals surface area (Å²) in [5, 5.41) is 12.4. The quantitative estimate of drug-likeness (QED) is 0.878. The zero-order valence-corrected chi connectivity index (χ0v) is 11.1. The molecule has 0 saturated carbocycles. The fourth-order valence-corrected chi connectivity index (χ4v) is 2.04. The van der Waals surface area contributed by atoms with Crippen LogP contribution in [0, 0.1) is 5.82 Å². The van der Waals surface area contributed by atoms with Crippen LogP contribution in [-0.2, 0) is 11.2 Å². The Bertz CT molecular complexity index is 600. The van der Waals surface area contributed by atoms with Gasteiger partial charge < -0.3 is 10.4 Å². The van der Waals surface area contributed by atoms with Gasteiger partial charge in [0.1, 0.15) is 11.4 Å². The van der Waals surface area contributed by atoms with E-state index < -0.39 is 17.3 Å². The van der Waals surface area contributed by atoms with Crippen LogP contribution in [0.5, 0.6) is 0 Å². The number of para-hydroxylation sites is 1. The van der Waals surface area contributed by atoms with Crippen LogP contribution < -0.4 is 5.32 Å². The van der Waals surface area contributed by atoms with Gasteiger partial charge in [-0.3, -0.25) is 0 Å². The second-order valence-electron chi connectivity index (χ2n) is 4.90. The maximum Gasteiger partial charge on any atom is 0.329 e. The first-order chi connectivity index (χ1) is 9.51. The van der Waals surface area contributed by atoms with Crippen molar-refractivity contribution in [2.24, 2.45) is 0 Å². The van der Waals surface area contributed by atoms with Gasteiger partial charge in [-0.05, 0) is 30.7 Å². The number of hydrogen-bond acceptors (Lipinski definition) is 2. The number of carbonyl (C=O) groups is 1. The minimum Gasteiger partial charge on any atom is -0.480 e. The van der Waals surface area contributed by atoms with Gasteiger partial charge in [0, 0.05) is 12.1 Å². The lowest BCUT2D eigenvalue weighted by atomic mass is 9.92. The van der Waals surface area contributed by atoms with Gasteiger partial charge in [0.05, 0.1) is 0 Å². The van der Waals surface area contributed by atoms with E-state index in [-0.39, 0.29) is 6.42 Å². The second kappa shape index (κ2) is 5.74. The van der Waals surface area contributed by atoms with Crippen molar-refractivity contribution in [2.45, 2.75) is 18.9 Å². The average molecular weight is 273 g/mol. The summed E-state index contributed by atoms with van der Waals surface area (Å²) in [5.41, 5.74) is -0.210. The normalized spacial score (nSPS) is 13.5. The van der Waals surface area contributed by atoms with Gasteiger partial charge in [-0.1, -0.05) is 36.4 Å². The van der Waals surface area contributed by atoms with E-state index in [0.717, 1.165) is 0 Å². The largest absolute Gasteiger partial charge is 0.480 e. The van der Waals surface area contributed by atoms with E-state index in [1.165, 1.54) is 6.07 Å². The van der Waals surface area contributed by atoms with E-state index in [2.05, 4.69) is 5.32 Å². The molecule has 0 aliphatic carbocycles. The number of rotatable bonds is 5. The Morgan fingerprint density at radius 1 is 1.15 bits per heavy atom. The second-order valence-corrected chi connectivity index (χ2v) is 4.90. The summed E-state index contributed by atoms with van der Waals surface area (Å²) in [4.78, 5) is 11.6. The lowest BCUT2D eigenvalue weighted by Crippen LogP contribution is -2.45. The Kier molecular flexibility index (Phi) is 4.03. The molecule has 20 heavy (non-hydrogen) atoms. The number of carboxylic acids is 1. The number of halogens is 1. The Morgan fingerprint density at radius 3 is 2.35 bits per heavy atom. The SMILES string of the molecule is CC(Cc1ccccc1F)(Nc1ccccc1)C(=O)O. The maximum absolute atomic E-state index is 13.7. The summed E-state index contributed by atoms with van der Waals surface area (Å²) < 4.78 is 13.7. The molecule has 4 heteroatoms. The predicted molar refractivity (Wildman–Crippen MR) is 76.2 cm³/mol. The van der Waals surface area contributed by atoms with Crippen LogP contribution in [0.2, 0.25) is 0 Å². The van der Waals surface area contributed by atoms with Gasteiger partial charge in [-0.25, -0.2) is 9.18 Å². The first-order valence-corrected chi connectivity index (χ1v) is 6.31. The molecule has 0 aliphatic heterocycles. The molecule has 2 N–H and O–H groups in total. The summed E-state index contributed by atoms with van der Waals surface area (Å²) in [6.07, 6.45) is 0.0594. The number of hydrogen-bond donors (Lipinski definition) is 2. The Labute approximate surface area is 117 Å². The van der Waals surface area contributed by atoms with Gasteiger partial charge in [-0.2, -0.15) is 0 Å². The van der Waals surface area contributed by atoms with Crippen LogP contribution in [0.25, 0.3) is 0 Å². The van der Waals surface area contributed by atoms with E-state index in [4.69, 9.17) is 0 Å². The zero-order chi connectivity index (χ0) is 14.6. The third-order valence-electron chi connectivity index (χ3n) is 3.17. The summed E-state index contributed by atoms with van der Waals surface area (Å²) in [6.45, 7) is 1.55. The highest BCUT2D eigenvalue weighted by molar-refractivity contribution is 5.82. The zero-order valence-electron chi connectivity index (χ0n) is 11.1. The van der Waals surface area contributed by atoms with Crippen LogP contribution in [0.1, 0.15) is 12.5 Å². The molecular weight excluding hydrogens is 257 g/mol. The Balaban J connectivity index is 2.26. The fourth-order valence-electron chi connectivity index (χ4n) is 2.04. The van der Waals surface area contributed by atoms with E-state index in [1.54, 1.807) is 37.3 Å². The van der Waals surface area contributed by atoms with Gasteiger partial charge in [0.15, 0.2) is 0 Å². The molecule has 0 fully saturated rings. The highest BCUT2D eigenvalue weighted by Crippen LogP contribution is 2.21. The van der Waals surface area contributed by atoms with Gasteiger partial charge in [0.25, 0.3) is 0 Å². The molecule has 0 bridgehead atoms. The third kappa shape index (κ3) is 3.15. The molecule has 2 rings (SSSR count). The number of nitrogens with one attached hydrogen (secondary N) is 1. The summed E-state index contributed by atoms with van der Waals surface area (Å²) in [6, 6.07) is 15.3. The highest BCUT2D eigenvalue weighted by atomic mass is 19.1. The summed E-state index contributed by atoms with van der Waals surface area (Å²) >= 11 is 0. The lowest BCUT2D eigenvalue weighted by Gasteiger charge is -2.27. The number of benzene rings is 2. The van der Waals surface area contributed by atoms with E-state index in [1.807, 2.05) is 18.2 Å². The van der Waals surface area contributed by atoms with Crippen LogP contribution >= 0.6 is 0 Å². The molecular formula is C16H16FNO2. The number of aliphatic carboxylic acids is 1. The van der Waals surface area contributed by atoms with Crippen molar-refractivity contribution < 1.29 is 14.3 Å². The van der Waals surface area contributed by atoms with E-state index in [9.17, 15) is 14.3 Å². The maximum atomic E-state index is 13.7. The third-order valence-corrected chi connectivity index (χ3v) is 3.17. The predicted octanol–water partition coefficient (Wildman–Crippen LogP) is 3.32. The first-order valence-electron chi connectivity index (χ1n) is 6.31. The van der Waals surface area contributed by atoms with Crippen LogP contribution in [0.4, 0.5) is 10.1 Å². The minimum atomic E-state index is -1.27. The van der Waals surface area contributed by atoms with Crippen LogP contribution in [-0.4, -0.2) is 16.6 Å². The Hall–Kier alpha value is -2.36. The molecule has 1 unspecified atom stereocenters. The molecule has 0 spiro atoms. The highest BCUT2D eigenvalue weighted by Gasteiger charge is 2.34. The number of carboxylic acid groups (broad SMARTS) is 1. The van der Waals surface area contributed by atoms with Crippen molar-refractivity contribution >= 4 is 11.7 Å². The summed E-state index contributed by atoms with van der Waals surface area (Å²) in [7, 11) is 0. The molecule has 0 heterocycles. The molecule has 0 saturated heterocycles. The minimum absolute atomic E-state index is 0.0594. The molecule has 2 aromatic carbocycles. The molecule has 104 valence electrons. The van der Waals surface area contributed by atoms with Crippen LogP contribution in [0.15, 0.2) is 54.6 Å². The Morgan fingerprint density at radius 2 is 1.75 bits per heavy atom. The van der Waals surface area contributed by atoms with Crippen molar-refractivity contribution in [1.82, 2.24) is 0 Å². The van der Waals surface area contributed by atoms with E-state index in [0.29, 0.717) is 11.3 Å². The van der Waals surface area contributed by atoms with Crippen LogP contribution in [0.3, 0.4) is 0 Å². The lowest BCUT2D eigenvalue weighted by molar-refractivity contribution is -0.141. The van der Waals surface area contributed by atoms with E-state index >= 15 is 0 Å². The average Bonchev–Trinajstić information content (AvgIpc) is 2.42.